The number of pyridine rings is 1. The standard InChI is InChI=1S/C28H22N2O5/c1-16-28-20(19(12-29-16)14-30-7-6-17-4-2-3-5-18(17)13-30)8-23(35-28)22-10-27(31)34-24-11-26-25(9-21(22)24)32-15-33-26/h2-5,8-12H,6-7,13-15H2,1H3. The SMILES string of the molecule is Cc1ncc(CN2CCc3ccccc3C2)c2cc(-c3cc(=O)oc4cc5c(cc34)OCO5)oc12. The van der Waals surface area contributed by atoms with Gasteiger partial charge in [-0.2, -0.15) is 0 Å². The van der Waals surface area contributed by atoms with E-state index >= 15 is 0 Å². The number of furan rings is 1. The van der Waals surface area contributed by atoms with Crippen LogP contribution >= 0.6 is 0 Å². The molecular formula is C28H22N2O5. The van der Waals surface area contributed by atoms with Crippen molar-refractivity contribution in [3.05, 3.63) is 87.5 Å². The lowest BCUT2D eigenvalue weighted by Gasteiger charge is -2.28. The molecule has 7 heteroatoms. The largest absolute Gasteiger partial charge is 0.454 e. The average Bonchev–Trinajstić information content (AvgIpc) is 3.51. The van der Waals surface area contributed by atoms with Gasteiger partial charge in [-0.3, -0.25) is 9.88 Å². The zero-order valence-electron chi connectivity index (χ0n) is 19.2. The number of rotatable bonds is 3. The Morgan fingerprint density at radius 3 is 2.69 bits per heavy atom. The maximum atomic E-state index is 12.4. The average molecular weight is 466 g/mol. The van der Waals surface area contributed by atoms with Gasteiger partial charge in [0.25, 0.3) is 0 Å². The molecule has 0 aliphatic carbocycles. The molecule has 0 radical (unpaired) electrons. The fraction of sp³-hybridized carbons (Fsp3) is 0.214. The Morgan fingerprint density at radius 2 is 1.80 bits per heavy atom. The van der Waals surface area contributed by atoms with Crippen molar-refractivity contribution in [2.45, 2.75) is 26.4 Å². The summed E-state index contributed by atoms with van der Waals surface area (Å²) in [5, 5.41) is 1.74. The highest BCUT2D eigenvalue weighted by Gasteiger charge is 2.22. The van der Waals surface area contributed by atoms with Crippen LogP contribution < -0.4 is 15.1 Å². The normalized spacial score (nSPS) is 15.1. The zero-order valence-corrected chi connectivity index (χ0v) is 19.2. The molecular weight excluding hydrogens is 444 g/mol. The number of ether oxygens (including phenoxy) is 2. The van der Waals surface area contributed by atoms with Gasteiger partial charge < -0.3 is 18.3 Å². The molecule has 2 aliphatic heterocycles. The van der Waals surface area contributed by atoms with Gasteiger partial charge in [-0.1, -0.05) is 24.3 Å². The molecule has 0 N–H and O–H groups in total. The summed E-state index contributed by atoms with van der Waals surface area (Å²) in [5.74, 6) is 1.78. The van der Waals surface area contributed by atoms with Gasteiger partial charge >= 0.3 is 5.63 Å². The van der Waals surface area contributed by atoms with E-state index in [1.165, 1.54) is 17.2 Å². The van der Waals surface area contributed by atoms with Crippen molar-refractivity contribution >= 4 is 21.9 Å². The number of aryl methyl sites for hydroxylation is 1. The van der Waals surface area contributed by atoms with E-state index in [4.69, 9.17) is 18.3 Å². The van der Waals surface area contributed by atoms with Gasteiger partial charge in [-0.15, -0.1) is 0 Å². The maximum absolute atomic E-state index is 12.4. The molecule has 2 aromatic carbocycles. The molecule has 0 saturated heterocycles. The molecule has 5 aromatic rings. The van der Waals surface area contributed by atoms with Gasteiger partial charge in [-0.05, 0) is 42.2 Å². The summed E-state index contributed by atoms with van der Waals surface area (Å²) in [6.07, 6.45) is 2.98. The minimum Gasteiger partial charge on any atom is -0.454 e. The van der Waals surface area contributed by atoms with E-state index in [-0.39, 0.29) is 6.79 Å². The monoisotopic (exact) mass is 466 g/mol. The highest BCUT2D eigenvalue weighted by molar-refractivity contribution is 5.97. The van der Waals surface area contributed by atoms with Crippen molar-refractivity contribution in [2.24, 2.45) is 0 Å². The zero-order chi connectivity index (χ0) is 23.5. The first-order valence-electron chi connectivity index (χ1n) is 11.7. The minimum atomic E-state index is -0.450. The van der Waals surface area contributed by atoms with Crippen LogP contribution in [0.4, 0.5) is 0 Å². The van der Waals surface area contributed by atoms with Crippen LogP contribution in [-0.4, -0.2) is 23.2 Å². The van der Waals surface area contributed by atoms with E-state index in [1.807, 2.05) is 25.3 Å². The fourth-order valence-corrected chi connectivity index (χ4v) is 5.15. The lowest BCUT2D eigenvalue weighted by molar-refractivity contribution is 0.174. The molecule has 0 unspecified atom stereocenters. The quantitative estimate of drug-likeness (QED) is 0.338. The van der Waals surface area contributed by atoms with Crippen LogP contribution in [0, 0.1) is 6.92 Å². The van der Waals surface area contributed by atoms with Crippen LogP contribution in [0.5, 0.6) is 11.5 Å². The molecule has 35 heavy (non-hydrogen) atoms. The number of nitrogens with zero attached hydrogens (tertiary/aromatic N) is 2. The Bertz CT molecular complexity index is 1680. The molecule has 0 bridgehead atoms. The molecule has 0 atom stereocenters. The summed E-state index contributed by atoms with van der Waals surface area (Å²) < 4.78 is 22.8. The molecule has 0 fully saturated rings. The Hall–Kier alpha value is -4.10. The first-order valence-corrected chi connectivity index (χ1v) is 11.7. The summed E-state index contributed by atoms with van der Waals surface area (Å²) in [5.41, 5.74) is 6.09. The van der Waals surface area contributed by atoms with E-state index in [9.17, 15) is 4.79 Å². The molecule has 174 valence electrons. The van der Waals surface area contributed by atoms with Crippen LogP contribution in [0.1, 0.15) is 22.4 Å². The molecule has 7 rings (SSSR count). The lowest BCUT2D eigenvalue weighted by atomic mass is 9.99. The summed E-state index contributed by atoms with van der Waals surface area (Å²) in [4.78, 5) is 19.4. The minimum absolute atomic E-state index is 0.144. The van der Waals surface area contributed by atoms with Crippen LogP contribution in [0.2, 0.25) is 0 Å². The molecule has 0 spiro atoms. The number of aromatic nitrogens is 1. The highest BCUT2D eigenvalue weighted by atomic mass is 16.7. The number of hydrogen-bond donors (Lipinski definition) is 0. The van der Waals surface area contributed by atoms with Gasteiger partial charge in [0.2, 0.25) is 6.79 Å². The molecule has 2 aliphatic rings. The summed E-state index contributed by atoms with van der Waals surface area (Å²) in [6, 6.07) is 15.6. The third kappa shape index (κ3) is 3.39. The lowest BCUT2D eigenvalue weighted by Crippen LogP contribution is -2.30. The summed E-state index contributed by atoms with van der Waals surface area (Å²) in [6.45, 7) is 4.76. The van der Waals surface area contributed by atoms with Crippen molar-refractivity contribution in [2.75, 3.05) is 13.3 Å². The Labute approximate surface area is 200 Å². The smallest absolute Gasteiger partial charge is 0.336 e. The van der Waals surface area contributed by atoms with E-state index in [1.54, 1.807) is 6.07 Å². The first-order chi connectivity index (χ1) is 17.1. The van der Waals surface area contributed by atoms with Crippen LogP contribution in [-0.2, 0) is 19.5 Å². The second kappa shape index (κ2) is 7.71. The molecule has 0 saturated carbocycles. The maximum Gasteiger partial charge on any atom is 0.336 e. The molecule has 7 nitrogen and oxygen atoms in total. The number of benzene rings is 2. The van der Waals surface area contributed by atoms with Crippen molar-refractivity contribution in [1.29, 1.82) is 0 Å². The van der Waals surface area contributed by atoms with Crippen molar-refractivity contribution in [3.8, 4) is 22.8 Å². The van der Waals surface area contributed by atoms with Crippen LogP contribution in [0.15, 0.2) is 68.4 Å². The van der Waals surface area contributed by atoms with Crippen molar-refractivity contribution in [1.82, 2.24) is 9.88 Å². The van der Waals surface area contributed by atoms with Crippen molar-refractivity contribution < 1.29 is 18.3 Å². The van der Waals surface area contributed by atoms with E-state index < -0.39 is 5.63 Å². The Kier molecular flexibility index (Phi) is 4.47. The van der Waals surface area contributed by atoms with E-state index in [0.717, 1.165) is 53.7 Å². The third-order valence-electron chi connectivity index (χ3n) is 6.93. The van der Waals surface area contributed by atoms with Crippen LogP contribution in [0.25, 0.3) is 33.3 Å². The molecule has 3 aromatic heterocycles. The Morgan fingerprint density at radius 1 is 0.971 bits per heavy atom. The number of fused-ring (bicyclic) bond motifs is 4. The van der Waals surface area contributed by atoms with Gasteiger partial charge in [0.1, 0.15) is 11.3 Å². The predicted octanol–water partition coefficient (Wildman–Crippen LogP) is 5.20. The summed E-state index contributed by atoms with van der Waals surface area (Å²) >= 11 is 0. The predicted molar refractivity (Wildman–Crippen MR) is 131 cm³/mol. The van der Waals surface area contributed by atoms with E-state index in [0.29, 0.717) is 28.4 Å². The van der Waals surface area contributed by atoms with Gasteiger partial charge in [0.15, 0.2) is 17.1 Å². The van der Waals surface area contributed by atoms with Gasteiger partial charge in [-0.25, -0.2) is 4.79 Å². The van der Waals surface area contributed by atoms with Crippen LogP contribution in [0.3, 0.4) is 0 Å². The molecule has 0 amide bonds. The Balaban J connectivity index is 1.32. The van der Waals surface area contributed by atoms with Gasteiger partial charge in [0, 0.05) is 54.3 Å². The van der Waals surface area contributed by atoms with Gasteiger partial charge in [0.05, 0.1) is 5.69 Å². The van der Waals surface area contributed by atoms with E-state index in [2.05, 4.69) is 34.1 Å². The topological polar surface area (TPSA) is 77.9 Å². The third-order valence-corrected chi connectivity index (χ3v) is 6.93. The summed E-state index contributed by atoms with van der Waals surface area (Å²) in [7, 11) is 0. The highest BCUT2D eigenvalue weighted by Crippen LogP contribution is 2.40. The number of hydrogen-bond acceptors (Lipinski definition) is 7. The molecule has 5 heterocycles. The fourth-order valence-electron chi connectivity index (χ4n) is 5.15. The second-order valence-corrected chi connectivity index (χ2v) is 9.13. The second-order valence-electron chi connectivity index (χ2n) is 9.13. The first kappa shape index (κ1) is 20.3. The van der Waals surface area contributed by atoms with Crippen molar-refractivity contribution in [3.63, 3.8) is 0 Å².